The van der Waals surface area contributed by atoms with E-state index in [0.29, 0.717) is 17.9 Å². The molecule has 0 unspecified atom stereocenters. The van der Waals surface area contributed by atoms with E-state index in [-0.39, 0.29) is 43.4 Å². The van der Waals surface area contributed by atoms with E-state index in [9.17, 15) is 9.59 Å². The molecule has 7 heteroatoms. The first-order valence-electron chi connectivity index (χ1n) is 13.6. The zero-order valence-electron chi connectivity index (χ0n) is 22.7. The van der Waals surface area contributed by atoms with Crippen LogP contribution in [0.3, 0.4) is 0 Å². The molecule has 0 spiro atoms. The van der Waals surface area contributed by atoms with Crippen molar-refractivity contribution in [2.24, 2.45) is 0 Å². The summed E-state index contributed by atoms with van der Waals surface area (Å²) >= 11 is 0. The molecular weight excluding hydrogens is 510 g/mol. The number of rotatable bonds is 11. The molecule has 1 heterocycles. The highest BCUT2D eigenvalue weighted by Crippen LogP contribution is 2.29. The van der Waals surface area contributed by atoms with E-state index in [0.717, 1.165) is 44.5 Å². The lowest BCUT2D eigenvalue weighted by Gasteiger charge is -2.37. The summed E-state index contributed by atoms with van der Waals surface area (Å²) in [5.41, 5.74) is 4.14. The largest absolute Gasteiger partial charge is 0.395 e. The summed E-state index contributed by atoms with van der Waals surface area (Å²) in [7, 11) is 1.92. The smallest absolute Gasteiger partial charge is 0.251 e. The molecule has 4 rings (SSSR count). The summed E-state index contributed by atoms with van der Waals surface area (Å²) in [6.45, 7) is 3.17. The molecule has 2 N–H and O–H groups in total. The molecule has 1 aliphatic heterocycles. The van der Waals surface area contributed by atoms with Gasteiger partial charge in [0, 0.05) is 44.2 Å². The SMILES string of the molecule is CN(C(=O)Cc1ccc(C(=O)NCCO)cc1)C1CCN(CCC(c2ccccc2)c2ccccc2)CC1.Cl. The normalized spacial score (nSPS) is 14.0. The number of hydrogen-bond acceptors (Lipinski definition) is 4. The predicted octanol–water partition coefficient (Wildman–Crippen LogP) is 4.52. The number of carbonyl (C=O) groups is 2. The van der Waals surface area contributed by atoms with Crippen LogP contribution in [0.25, 0.3) is 0 Å². The number of aliphatic hydroxyl groups excluding tert-OH is 1. The van der Waals surface area contributed by atoms with Gasteiger partial charge in [-0.1, -0.05) is 72.8 Å². The van der Waals surface area contributed by atoms with Crippen LogP contribution in [-0.4, -0.2) is 72.6 Å². The van der Waals surface area contributed by atoms with Crippen molar-refractivity contribution in [1.29, 1.82) is 0 Å². The number of hydrogen-bond donors (Lipinski definition) is 2. The van der Waals surface area contributed by atoms with Gasteiger partial charge in [-0.05, 0) is 54.6 Å². The molecular formula is C32H40ClN3O3. The van der Waals surface area contributed by atoms with Gasteiger partial charge in [-0.15, -0.1) is 12.4 Å². The first-order valence-corrected chi connectivity index (χ1v) is 13.6. The number of amides is 2. The molecule has 39 heavy (non-hydrogen) atoms. The highest BCUT2D eigenvalue weighted by molar-refractivity contribution is 5.94. The molecule has 1 fully saturated rings. The Hall–Kier alpha value is -3.19. The number of piperidine rings is 1. The second-order valence-electron chi connectivity index (χ2n) is 10.1. The molecule has 0 bridgehead atoms. The van der Waals surface area contributed by atoms with Crippen LogP contribution in [0, 0.1) is 0 Å². The van der Waals surface area contributed by atoms with Gasteiger partial charge in [0.15, 0.2) is 0 Å². The quantitative estimate of drug-likeness (QED) is 0.369. The summed E-state index contributed by atoms with van der Waals surface area (Å²) < 4.78 is 0. The minimum Gasteiger partial charge on any atom is -0.395 e. The first kappa shape index (κ1) is 30.4. The second-order valence-corrected chi connectivity index (χ2v) is 10.1. The third-order valence-corrected chi connectivity index (χ3v) is 7.60. The number of likely N-dealkylation sites (tertiary alicyclic amines) is 1. The van der Waals surface area contributed by atoms with Crippen LogP contribution in [0.5, 0.6) is 0 Å². The Morgan fingerprint density at radius 1 is 0.923 bits per heavy atom. The average Bonchev–Trinajstić information content (AvgIpc) is 2.97. The summed E-state index contributed by atoms with van der Waals surface area (Å²) in [5, 5.41) is 11.5. The fourth-order valence-electron chi connectivity index (χ4n) is 5.29. The number of nitrogens with zero attached hydrogens (tertiary/aromatic N) is 2. The Bertz CT molecular complexity index is 1110. The standard InChI is InChI=1S/C32H39N3O3.ClH/c1-34(31(37)24-25-12-14-28(15-13-25)32(38)33-19-23-36)29-16-20-35(21-17-29)22-18-30(26-8-4-2-5-9-26)27-10-6-3-7-11-27;/h2-15,29-30,36H,16-24H2,1H3,(H,33,38);1H. The van der Waals surface area contributed by atoms with E-state index < -0.39 is 0 Å². The highest BCUT2D eigenvalue weighted by Gasteiger charge is 2.26. The molecule has 3 aromatic carbocycles. The number of carbonyl (C=O) groups excluding carboxylic acids is 2. The van der Waals surface area contributed by atoms with Gasteiger partial charge >= 0.3 is 0 Å². The molecule has 1 saturated heterocycles. The van der Waals surface area contributed by atoms with Gasteiger partial charge in [0.25, 0.3) is 5.91 Å². The molecule has 0 atom stereocenters. The molecule has 0 radical (unpaired) electrons. The Kier molecular flexibility index (Phi) is 12.0. The maximum absolute atomic E-state index is 13.0. The minimum atomic E-state index is -0.223. The van der Waals surface area contributed by atoms with Crippen molar-refractivity contribution in [3.63, 3.8) is 0 Å². The molecule has 208 valence electrons. The second kappa shape index (κ2) is 15.4. The molecule has 3 aromatic rings. The fourth-order valence-corrected chi connectivity index (χ4v) is 5.29. The summed E-state index contributed by atoms with van der Waals surface area (Å²) in [5.74, 6) is 0.264. The van der Waals surface area contributed by atoms with Gasteiger partial charge in [-0.25, -0.2) is 0 Å². The summed E-state index contributed by atoms with van der Waals surface area (Å²) in [6.07, 6.45) is 3.35. The summed E-state index contributed by atoms with van der Waals surface area (Å²) in [6, 6.07) is 28.9. The van der Waals surface area contributed by atoms with Crippen LogP contribution in [0.1, 0.15) is 52.2 Å². The predicted molar refractivity (Wildman–Crippen MR) is 158 cm³/mol. The fraction of sp³-hybridized carbons (Fsp3) is 0.375. The third kappa shape index (κ3) is 8.65. The Morgan fingerprint density at radius 3 is 2.03 bits per heavy atom. The number of benzene rings is 3. The van der Waals surface area contributed by atoms with Crippen LogP contribution in [0.15, 0.2) is 84.9 Å². The van der Waals surface area contributed by atoms with Crippen molar-refractivity contribution >= 4 is 24.2 Å². The van der Waals surface area contributed by atoms with E-state index in [1.165, 1.54) is 11.1 Å². The van der Waals surface area contributed by atoms with Crippen LogP contribution in [0.2, 0.25) is 0 Å². The van der Waals surface area contributed by atoms with Crippen molar-refractivity contribution < 1.29 is 14.7 Å². The first-order chi connectivity index (χ1) is 18.5. The lowest BCUT2D eigenvalue weighted by Crippen LogP contribution is -2.46. The van der Waals surface area contributed by atoms with Gasteiger partial charge < -0.3 is 20.2 Å². The van der Waals surface area contributed by atoms with Gasteiger partial charge in [0.05, 0.1) is 13.0 Å². The molecule has 0 saturated carbocycles. The van der Waals surface area contributed by atoms with Crippen molar-refractivity contribution in [2.75, 3.05) is 39.8 Å². The maximum Gasteiger partial charge on any atom is 0.251 e. The Morgan fingerprint density at radius 2 is 1.49 bits per heavy atom. The third-order valence-electron chi connectivity index (χ3n) is 7.60. The number of halogens is 1. The van der Waals surface area contributed by atoms with Crippen molar-refractivity contribution in [2.45, 2.75) is 37.6 Å². The monoisotopic (exact) mass is 549 g/mol. The number of nitrogens with one attached hydrogen (secondary N) is 1. The summed E-state index contributed by atoms with van der Waals surface area (Å²) in [4.78, 5) is 29.4. The highest BCUT2D eigenvalue weighted by atomic mass is 35.5. The van der Waals surface area contributed by atoms with E-state index in [1.807, 2.05) is 24.1 Å². The van der Waals surface area contributed by atoms with Gasteiger partial charge in [0.1, 0.15) is 0 Å². The lowest BCUT2D eigenvalue weighted by molar-refractivity contribution is -0.132. The van der Waals surface area contributed by atoms with Crippen LogP contribution in [0.4, 0.5) is 0 Å². The molecule has 0 aliphatic carbocycles. The minimum absolute atomic E-state index is 0. The van der Waals surface area contributed by atoms with Crippen LogP contribution in [-0.2, 0) is 11.2 Å². The zero-order chi connectivity index (χ0) is 26.7. The molecule has 2 amide bonds. The van der Waals surface area contributed by atoms with Crippen LogP contribution < -0.4 is 5.32 Å². The van der Waals surface area contributed by atoms with Crippen LogP contribution >= 0.6 is 12.4 Å². The Balaban J connectivity index is 0.00000420. The molecule has 0 aromatic heterocycles. The lowest BCUT2D eigenvalue weighted by atomic mass is 9.88. The number of likely N-dealkylation sites (N-methyl/N-ethyl adjacent to an activating group) is 1. The van der Waals surface area contributed by atoms with E-state index in [1.54, 1.807) is 12.1 Å². The van der Waals surface area contributed by atoms with Crippen molar-refractivity contribution in [1.82, 2.24) is 15.1 Å². The molecule has 1 aliphatic rings. The van der Waals surface area contributed by atoms with Crippen molar-refractivity contribution in [3.8, 4) is 0 Å². The van der Waals surface area contributed by atoms with E-state index >= 15 is 0 Å². The average molecular weight is 550 g/mol. The number of aliphatic hydroxyl groups is 1. The van der Waals surface area contributed by atoms with E-state index in [2.05, 4.69) is 70.9 Å². The zero-order valence-corrected chi connectivity index (χ0v) is 23.5. The topological polar surface area (TPSA) is 72.9 Å². The van der Waals surface area contributed by atoms with Gasteiger partial charge in [-0.2, -0.15) is 0 Å². The Labute approximate surface area is 238 Å². The maximum atomic E-state index is 13.0. The van der Waals surface area contributed by atoms with Crippen molar-refractivity contribution in [3.05, 3.63) is 107 Å². The van der Waals surface area contributed by atoms with Gasteiger partial charge in [0.2, 0.25) is 5.91 Å². The molecule has 6 nitrogen and oxygen atoms in total. The van der Waals surface area contributed by atoms with E-state index in [4.69, 9.17) is 5.11 Å². The van der Waals surface area contributed by atoms with Gasteiger partial charge in [-0.3, -0.25) is 9.59 Å².